The summed E-state index contributed by atoms with van der Waals surface area (Å²) in [6, 6.07) is 0. The van der Waals surface area contributed by atoms with Gasteiger partial charge < -0.3 is 10.1 Å². The Hall–Kier alpha value is -0.130. The number of ether oxygens (including phenoxy) is 1. The van der Waals surface area contributed by atoms with E-state index in [1.807, 2.05) is 0 Å². The minimum atomic E-state index is -2.83. The van der Waals surface area contributed by atoms with Crippen molar-refractivity contribution in [2.75, 3.05) is 31.2 Å². The fourth-order valence-electron chi connectivity index (χ4n) is 1.60. The molecule has 0 saturated carbocycles. The first-order chi connectivity index (χ1) is 7.14. The molecule has 1 fully saturated rings. The minimum absolute atomic E-state index is 0.231. The molecule has 1 unspecified atom stereocenters. The molecule has 1 aliphatic heterocycles. The van der Waals surface area contributed by atoms with Crippen LogP contribution in [0.15, 0.2) is 0 Å². The highest BCUT2D eigenvalue weighted by Gasteiger charge is 2.13. The average Bonchev–Trinajstić information content (AvgIpc) is 2.26. The monoisotopic (exact) mass is 235 g/mol. The molecule has 1 heterocycles. The molecule has 5 heteroatoms. The predicted molar refractivity (Wildman–Crippen MR) is 60.8 cm³/mol. The lowest BCUT2D eigenvalue weighted by Crippen LogP contribution is -2.34. The molecule has 1 saturated heterocycles. The predicted octanol–water partition coefficient (Wildman–Crippen LogP) is 0.580. The SMILES string of the molecule is CCS(=O)(=O)CCNCC1CCCCO1. The summed E-state index contributed by atoms with van der Waals surface area (Å²) in [5.74, 6) is 0.463. The fourth-order valence-corrected chi connectivity index (χ4v) is 2.35. The molecule has 0 aromatic rings. The first kappa shape index (κ1) is 12.9. The van der Waals surface area contributed by atoms with Crippen LogP contribution in [0.5, 0.6) is 0 Å². The van der Waals surface area contributed by atoms with Crippen molar-refractivity contribution >= 4 is 9.84 Å². The molecule has 0 radical (unpaired) electrons. The number of sulfone groups is 1. The van der Waals surface area contributed by atoms with Crippen molar-refractivity contribution in [2.45, 2.75) is 32.3 Å². The van der Waals surface area contributed by atoms with Crippen molar-refractivity contribution in [1.29, 1.82) is 0 Å². The van der Waals surface area contributed by atoms with Crippen LogP contribution in [0.25, 0.3) is 0 Å². The molecule has 0 spiro atoms. The molecule has 1 atom stereocenters. The molecule has 0 amide bonds. The second-order valence-corrected chi connectivity index (χ2v) is 6.40. The third-order valence-electron chi connectivity index (χ3n) is 2.68. The van der Waals surface area contributed by atoms with Crippen LogP contribution in [0, 0.1) is 0 Å². The van der Waals surface area contributed by atoms with Gasteiger partial charge >= 0.3 is 0 Å². The normalized spacial score (nSPS) is 22.9. The Labute approximate surface area is 92.3 Å². The van der Waals surface area contributed by atoms with E-state index < -0.39 is 9.84 Å². The standard InChI is InChI=1S/C10H21NO3S/c1-2-15(12,13)8-6-11-9-10-5-3-4-7-14-10/h10-11H,2-9H2,1H3. The van der Waals surface area contributed by atoms with Crippen LogP contribution in [-0.4, -0.2) is 45.7 Å². The van der Waals surface area contributed by atoms with Gasteiger partial charge in [0.05, 0.1) is 11.9 Å². The second-order valence-electron chi connectivity index (χ2n) is 3.93. The van der Waals surface area contributed by atoms with Gasteiger partial charge in [-0.1, -0.05) is 6.92 Å². The Morgan fingerprint density at radius 3 is 2.80 bits per heavy atom. The van der Waals surface area contributed by atoms with Crippen molar-refractivity contribution in [3.05, 3.63) is 0 Å². The van der Waals surface area contributed by atoms with E-state index >= 15 is 0 Å². The van der Waals surface area contributed by atoms with Crippen LogP contribution < -0.4 is 5.32 Å². The Morgan fingerprint density at radius 1 is 1.40 bits per heavy atom. The topological polar surface area (TPSA) is 55.4 Å². The third-order valence-corrected chi connectivity index (χ3v) is 4.38. The zero-order valence-corrected chi connectivity index (χ0v) is 10.2. The summed E-state index contributed by atoms with van der Waals surface area (Å²) in [5, 5.41) is 3.14. The summed E-state index contributed by atoms with van der Waals surface area (Å²) >= 11 is 0. The van der Waals surface area contributed by atoms with Gasteiger partial charge in [-0.3, -0.25) is 0 Å². The van der Waals surface area contributed by atoms with Crippen LogP contribution in [0.1, 0.15) is 26.2 Å². The van der Waals surface area contributed by atoms with Crippen LogP contribution in [-0.2, 0) is 14.6 Å². The minimum Gasteiger partial charge on any atom is -0.377 e. The number of nitrogens with one attached hydrogen (secondary N) is 1. The maximum Gasteiger partial charge on any atom is 0.151 e. The Morgan fingerprint density at radius 2 is 2.20 bits per heavy atom. The summed E-state index contributed by atoms with van der Waals surface area (Å²) in [7, 11) is -2.83. The van der Waals surface area contributed by atoms with E-state index in [-0.39, 0.29) is 17.6 Å². The largest absolute Gasteiger partial charge is 0.377 e. The number of rotatable bonds is 6. The van der Waals surface area contributed by atoms with Gasteiger partial charge in [0.15, 0.2) is 9.84 Å². The van der Waals surface area contributed by atoms with Crippen molar-refractivity contribution in [1.82, 2.24) is 5.32 Å². The molecule has 1 aliphatic rings. The summed E-state index contributed by atoms with van der Waals surface area (Å²) in [5.41, 5.74) is 0. The Balaban J connectivity index is 2.06. The van der Waals surface area contributed by atoms with Crippen molar-refractivity contribution < 1.29 is 13.2 Å². The van der Waals surface area contributed by atoms with Gasteiger partial charge in [-0.15, -0.1) is 0 Å². The number of hydrogen-bond donors (Lipinski definition) is 1. The molecule has 0 aromatic heterocycles. The highest BCUT2D eigenvalue weighted by atomic mass is 32.2. The van der Waals surface area contributed by atoms with Crippen molar-refractivity contribution in [2.24, 2.45) is 0 Å². The van der Waals surface area contributed by atoms with E-state index in [0.29, 0.717) is 6.54 Å². The molecular formula is C10H21NO3S. The first-order valence-corrected chi connectivity index (χ1v) is 7.49. The van der Waals surface area contributed by atoms with Gasteiger partial charge in [0.1, 0.15) is 0 Å². The van der Waals surface area contributed by atoms with Gasteiger partial charge in [0.2, 0.25) is 0 Å². The zero-order chi connectivity index (χ0) is 11.1. The highest BCUT2D eigenvalue weighted by Crippen LogP contribution is 2.11. The van der Waals surface area contributed by atoms with Crippen LogP contribution in [0.2, 0.25) is 0 Å². The third kappa shape index (κ3) is 5.49. The lowest BCUT2D eigenvalue weighted by atomic mass is 10.1. The van der Waals surface area contributed by atoms with E-state index in [4.69, 9.17) is 4.74 Å². The molecular weight excluding hydrogens is 214 g/mol. The lowest BCUT2D eigenvalue weighted by molar-refractivity contribution is 0.0173. The fraction of sp³-hybridized carbons (Fsp3) is 1.00. The molecule has 0 aliphatic carbocycles. The summed E-state index contributed by atoms with van der Waals surface area (Å²) in [6.45, 7) is 3.84. The van der Waals surface area contributed by atoms with E-state index in [2.05, 4.69) is 5.32 Å². The molecule has 0 bridgehead atoms. The summed E-state index contributed by atoms with van der Waals surface area (Å²) < 4.78 is 27.9. The molecule has 90 valence electrons. The first-order valence-electron chi connectivity index (χ1n) is 5.67. The Kier molecular flexibility index (Phi) is 5.56. The number of hydrogen-bond acceptors (Lipinski definition) is 4. The zero-order valence-electron chi connectivity index (χ0n) is 9.37. The summed E-state index contributed by atoms with van der Waals surface area (Å²) in [4.78, 5) is 0. The highest BCUT2D eigenvalue weighted by molar-refractivity contribution is 7.91. The van der Waals surface area contributed by atoms with Gasteiger partial charge in [-0.25, -0.2) is 8.42 Å². The quantitative estimate of drug-likeness (QED) is 0.684. The molecule has 4 nitrogen and oxygen atoms in total. The molecule has 15 heavy (non-hydrogen) atoms. The van der Waals surface area contributed by atoms with Gasteiger partial charge in [-0.05, 0) is 19.3 Å². The lowest BCUT2D eigenvalue weighted by Gasteiger charge is -2.22. The van der Waals surface area contributed by atoms with Crippen LogP contribution in [0.4, 0.5) is 0 Å². The van der Waals surface area contributed by atoms with Gasteiger partial charge in [-0.2, -0.15) is 0 Å². The van der Waals surface area contributed by atoms with E-state index in [1.165, 1.54) is 6.42 Å². The van der Waals surface area contributed by atoms with Crippen LogP contribution in [0.3, 0.4) is 0 Å². The average molecular weight is 235 g/mol. The van der Waals surface area contributed by atoms with E-state index in [0.717, 1.165) is 26.0 Å². The van der Waals surface area contributed by atoms with Gasteiger partial charge in [0, 0.05) is 25.4 Å². The summed E-state index contributed by atoms with van der Waals surface area (Å²) in [6.07, 6.45) is 3.75. The van der Waals surface area contributed by atoms with Crippen molar-refractivity contribution in [3.8, 4) is 0 Å². The van der Waals surface area contributed by atoms with E-state index in [1.54, 1.807) is 6.92 Å². The molecule has 1 rings (SSSR count). The van der Waals surface area contributed by atoms with Crippen molar-refractivity contribution in [3.63, 3.8) is 0 Å². The maximum atomic E-state index is 11.2. The second kappa shape index (κ2) is 6.45. The Bertz CT molecular complexity index is 258. The maximum absolute atomic E-state index is 11.2. The molecule has 0 aromatic carbocycles. The smallest absolute Gasteiger partial charge is 0.151 e. The van der Waals surface area contributed by atoms with E-state index in [9.17, 15) is 8.42 Å². The van der Waals surface area contributed by atoms with Crippen LogP contribution >= 0.6 is 0 Å². The molecule has 1 N–H and O–H groups in total. The van der Waals surface area contributed by atoms with Gasteiger partial charge in [0.25, 0.3) is 0 Å².